The van der Waals surface area contributed by atoms with Crippen LogP contribution in [0.25, 0.3) is 49.4 Å². The Kier molecular flexibility index (Phi) is 3.93. The maximum Gasteiger partial charge on any atom is 0.218 e. The van der Waals surface area contributed by atoms with Gasteiger partial charge in [0, 0.05) is 17.3 Å². The van der Waals surface area contributed by atoms with E-state index in [-0.39, 0.29) is 0 Å². The van der Waals surface area contributed by atoms with Gasteiger partial charge in [0.2, 0.25) is 4.73 Å². The average molecular weight is 450 g/mol. The van der Waals surface area contributed by atoms with Gasteiger partial charge in [-0.3, -0.25) is 0 Å². The maximum absolute atomic E-state index is 4.66. The van der Waals surface area contributed by atoms with Crippen molar-refractivity contribution >= 4 is 43.1 Å². The van der Waals surface area contributed by atoms with Gasteiger partial charge in [0.05, 0.1) is 0 Å². The summed E-state index contributed by atoms with van der Waals surface area (Å²) in [6.07, 6.45) is 2.06. The summed E-state index contributed by atoms with van der Waals surface area (Å²) >= 11 is 3.46. The van der Waals surface area contributed by atoms with Gasteiger partial charge >= 0.3 is 0 Å². The zero-order valence-electron chi connectivity index (χ0n) is 16.0. The summed E-state index contributed by atoms with van der Waals surface area (Å²) in [4.78, 5) is 4.66. The van der Waals surface area contributed by atoms with Gasteiger partial charge in [0.1, 0.15) is 0 Å². The fourth-order valence-electron chi connectivity index (χ4n) is 4.24. The Morgan fingerprint density at radius 2 is 1.23 bits per heavy atom. The molecule has 0 bridgehead atoms. The van der Waals surface area contributed by atoms with Crippen molar-refractivity contribution in [3.8, 4) is 22.3 Å². The third-order valence-electron chi connectivity index (χ3n) is 5.59. The van der Waals surface area contributed by atoms with Crippen LogP contribution in [-0.4, -0.2) is 14.6 Å². The Morgan fingerprint density at radius 3 is 1.97 bits per heavy atom. The number of halogens is 1. The molecule has 0 amide bonds. The summed E-state index contributed by atoms with van der Waals surface area (Å²) < 4.78 is 2.46. The average Bonchev–Trinajstić information content (AvgIpc) is 3.18. The first kappa shape index (κ1) is 17.4. The van der Waals surface area contributed by atoms with Gasteiger partial charge in [0.25, 0.3) is 0 Å². The number of benzene rings is 4. The zero-order chi connectivity index (χ0) is 20.1. The molecule has 0 aliphatic heterocycles. The molecule has 0 saturated heterocycles. The molecule has 0 aliphatic rings. The lowest BCUT2D eigenvalue weighted by Crippen LogP contribution is -1.94. The first-order chi connectivity index (χ1) is 14.8. The van der Waals surface area contributed by atoms with Gasteiger partial charge in [-0.15, -0.1) is 5.10 Å². The zero-order valence-corrected chi connectivity index (χ0v) is 17.5. The van der Waals surface area contributed by atoms with Crippen molar-refractivity contribution in [2.75, 3.05) is 0 Å². The van der Waals surface area contributed by atoms with Crippen LogP contribution in [0.1, 0.15) is 0 Å². The Labute approximate surface area is 181 Å². The summed E-state index contributed by atoms with van der Waals surface area (Å²) in [7, 11) is 0. The SMILES string of the molecule is Brc1nc2c(-c3cccc4ccccc34)cc(-c3cccc4ccccc34)cn2n1. The minimum atomic E-state index is 0.582. The van der Waals surface area contributed by atoms with E-state index >= 15 is 0 Å². The van der Waals surface area contributed by atoms with E-state index in [2.05, 4.69) is 123 Å². The molecule has 0 unspecified atom stereocenters. The van der Waals surface area contributed by atoms with Crippen molar-refractivity contribution in [2.24, 2.45) is 0 Å². The van der Waals surface area contributed by atoms with Crippen LogP contribution in [0.2, 0.25) is 0 Å². The second kappa shape index (κ2) is 6.78. The van der Waals surface area contributed by atoms with Crippen molar-refractivity contribution in [3.63, 3.8) is 0 Å². The molecule has 0 N–H and O–H groups in total. The summed E-state index contributed by atoms with van der Waals surface area (Å²) in [6.45, 7) is 0. The summed E-state index contributed by atoms with van der Waals surface area (Å²) in [5.74, 6) is 0. The standard InChI is InChI=1S/C26H16BrN3/c27-26-28-25-24(23-14-6-10-18-8-2-4-12-21(18)23)15-19(16-30(25)29-26)22-13-5-9-17-7-1-3-11-20(17)22/h1-16H. The Balaban J connectivity index is 1.71. The second-order valence-electron chi connectivity index (χ2n) is 7.34. The predicted molar refractivity (Wildman–Crippen MR) is 127 cm³/mol. The van der Waals surface area contributed by atoms with Crippen LogP contribution in [0.5, 0.6) is 0 Å². The monoisotopic (exact) mass is 449 g/mol. The fourth-order valence-corrected chi connectivity index (χ4v) is 4.58. The third-order valence-corrected chi connectivity index (χ3v) is 5.92. The minimum Gasteiger partial charge on any atom is -0.219 e. The minimum absolute atomic E-state index is 0.582. The van der Waals surface area contributed by atoms with Crippen LogP contribution in [0.3, 0.4) is 0 Å². The lowest BCUT2D eigenvalue weighted by atomic mass is 9.95. The summed E-state index contributed by atoms with van der Waals surface area (Å²) in [5, 5.41) is 9.43. The number of fused-ring (bicyclic) bond motifs is 3. The first-order valence-corrected chi connectivity index (χ1v) is 10.6. The van der Waals surface area contributed by atoms with Crippen molar-refractivity contribution in [1.29, 1.82) is 0 Å². The normalized spacial score (nSPS) is 11.5. The van der Waals surface area contributed by atoms with Crippen molar-refractivity contribution in [1.82, 2.24) is 14.6 Å². The van der Waals surface area contributed by atoms with Gasteiger partial charge in [-0.2, -0.15) is 0 Å². The van der Waals surface area contributed by atoms with Gasteiger partial charge in [-0.25, -0.2) is 9.50 Å². The molecule has 4 aromatic carbocycles. The first-order valence-electron chi connectivity index (χ1n) is 9.80. The van der Waals surface area contributed by atoms with Gasteiger partial charge in [-0.05, 0) is 54.7 Å². The van der Waals surface area contributed by atoms with E-state index in [4.69, 9.17) is 0 Å². The number of aromatic nitrogens is 3. The van der Waals surface area contributed by atoms with Crippen LogP contribution in [0.4, 0.5) is 0 Å². The molecule has 2 aromatic heterocycles. The highest BCUT2D eigenvalue weighted by Crippen LogP contribution is 2.36. The molecule has 0 fully saturated rings. The van der Waals surface area contributed by atoms with Gasteiger partial charge < -0.3 is 0 Å². The molecule has 142 valence electrons. The van der Waals surface area contributed by atoms with Crippen molar-refractivity contribution in [2.45, 2.75) is 0 Å². The van der Waals surface area contributed by atoms with E-state index in [1.165, 1.54) is 27.1 Å². The van der Waals surface area contributed by atoms with E-state index in [1.54, 1.807) is 0 Å². The molecule has 0 aliphatic carbocycles. The smallest absolute Gasteiger partial charge is 0.218 e. The van der Waals surface area contributed by atoms with Crippen LogP contribution in [0.15, 0.2) is 102 Å². The van der Waals surface area contributed by atoms with E-state index in [1.807, 2.05) is 4.52 Å². The molecule has 0 spiro atoms. The van der Waals surface area contributed by atoms with Crippen molar-refractivity contribution in [3.05, 3.63) is 102 Å². The molecule has 0 saturated carbocycles. The fraction of sp³-hybridized carbons (Fsp3) is 0. The number of hydrogen-bond donors (Lipinski definition) is 0. The Hall–Kier alpha value is -3.50. The van der Waals surface area contributed by atoms with E-state index in [0.717, 1.165) is 22.3 Å². The molecule has 6 rings (SSSR count). The quantitative estimate of drug-likeness (QED) is 0.281. The maximum atomic E-state index is 4.66. The van der Waals surface area contributed by atoms with E-state index < -0.39 is 0 Å². The molecule has 30 heavy (non-hydrogen) atoms. The molecule has 0 radical (unpaired) electrons. The summed E-state index contributed by atoms with van der Waals surface area (Å²) in [5.41, 5.74) is 5.35. The van der Waals surface area contributed by atoms with Crippen LogP contribution in [0, 0.1) is 0 Å². The molecule has 6 aromatic rings. The molecule has 4 heteroatoms. The third kappa shape index (κ3) is 2.72. The highest BCUT2D eigenvalue weighted by Gasteiger charge is 2.15. The van der Waals surface area contributed by atoms with Crippen LogP contribution >= 0.6 is 15.9 Å². The Bertz CT molecular complexity index is 1560. The summed E-state index contributed by atoms with van der Waals surface area (Å²) in [6, 6.07) is 32.0. The van der Waals surface area contributed by atoms with E-state index in [0.29, 0.717) is 4.73 Å². The highest BCUT2D eigenvalue weighted by molar-refractivity contribution is 9.10. The second-order valence-corrected chi connectivity index (χ2v) is 8.05. The Morgan fingerprint density at radius 1 is 0.633 bits per heavy atom. The number of rotatable bonds is 2. The van der Waals surface area contributed by atoms with Crippen LogP contribution in [-0.2, 0) is 0 Å². The number of hydrogen-bond acceptors (Lipinski definition) is 2. The lowest BCUT2D eigenvalue weighted by molar-refractivity contribution is 0.948. The van der Waals surface area contributed by atoms with Crippen LogP contribution < -0.4 is 0 Å². The predicted octanol–water partition coefficient (Wildman–Crippen LogP) is 7.13. The molecule has 0 atom stereocenters. The molecule has 3 nitrogen and oxygen atoms in total. The highest BCUT2D eigenvalue weighted by atomic mass is 79.9. The number of pyridine rings is 1. The van der Waals surface area contributed by atoms with Gasteiger partial charge in [-0.1, -0.05) is 84.9 Å². The molecule has 2 heterocycles. The largest absolute Gasteiger partial charge is 0.219 e. The number of nitrogens with zero attached hydrogens (tertiary/aromatic N) is 3. The van der Waals surface area contributed by atoms with Crippen molar-refractivity contribution < 1.29 is 0 Å². The van der Waals surface area contributed by atoms with Gasteiger partial charge in [0.15, 0.2) is 5.65 Å². The molecular formula is C26H16BrN3. The van der Waals surface area contributed by atoms with E-state index in [9.17, 15) is 0 Å². The molecular weight excluding hydrogens is 434 g/mol. The topological polar surface area (TPSA) is 30.2 Å². The lowest BCUT2D eigenvalue weighted by Gasteiger charge is -2.12.